The van der Waals surface area contributed by atoms with Gasteiger partial charge in [-0.15, -0.1) is 0 Å². The summed E-state index contributed by atoms with van der Waals surface area (Å²) in [5.41, 5.74) is 2.73. The van der Waals surface area contributed by atoms with Crippen molar-refractivity contribution in [1.29, 1.82) is 0 Å². The Balaban J connectivity index is 2.00. The summed E-state index contributed by atoms with van der Waals surface area (Å²) in [4.78, 5) is 12.8. The maximum Gasteiger partial charge on any atom is 0.280 e. The van der Waals surface area contributed by atoms with E-state index in [1.54, 1.807) is 13.2 Å². The molecular weight excluding hydrogens is 316 g/mol. The molecule has 5 heteroatoms. The minimum absolute atomic E-state index is 0.158. The first-order chi connectivity index (χ1) is 12.2. The van der Waals surface area contributed by atoms with E-state index >= 15 is 0 Å². The van der Waals surface area contributed by atoms with Crippen LogP contribution in [0.1, 0.15) is 19.4 Å². The van der Waals surface area contributed by atoms with Crippen molar-refractivity contribution in [1.82, 2.24) is 0 Å². The van der Waals surface area contributed by atoms with E-state index in [4.69, 9.17) is 9.47 Å². The van der Waals surface area contributed by atoms with Crippen molar-refractivity contribution in [3.63, 3.8) is 0 Å². The Morgan fingerprint density at radius 2 is 1.88 bits per heavy atom. The van der Waals surface area contributed by atoms with Gasteiger partial charge < -0.3 is 9.47 Å². The van der Waals surface area contributed by atoms with E-state index in [-0.39, 0.29) is 5.91 Å². The third kappa shape index (κ3) is 3.26. The van der Waals surface area contributed by atoms with Gasteiger partial charge in [0.05, 0.1) is 30.7 Å². The summed E-state index contributed by atoms with van der Waals surface area (Å²) < 4.78 is 11.1. The van der Waals surface area contributed by atoms with Crippen molar-refractivity contribution in [2.75, 3.05) is 18.7 Å². The van der Waals surface area contributed by atoms with Crippen LogP contribution in [0.3, 0.4) is 0 Å². The summed E-state index contributed by atoms with van der Waals surface area (Å²) >= 11 is 0. The van der Waals surface area contributed by atoms with Gasteiger partial charge in [-0.2, -0.15) is 10.1 Å². The number of nitrogens with zero attached hydrogens (tertiary/aromatic N) is 2. The molecule has 0 bridgehead atoms. The van der Waals surface area contributed by atoms with Crippen molar-refractivity contribution >= 4 is 23.4 Å². The Hall–Kier alpha value is -3.08. The van der Waals surface area contributed by atoms with E-state index in [1.165, 1.54) is 5.01 Å². The number of anilines is 1. The van der Waals surface area contributed by atoms with Gasteiger partial charge in [-0.05, 0) is 38.1 Å². The topological polar surface area (TPSA) is 51.1 Å². The van der Waals surface area contributed by atoms with Crippen LogP contribution in [-0.4, -0.2) is 25.3 Å². The van der Waals surface area contributed by atoms with Gasteiger partial charge >= 0.3 is 0 Å². The van der Waals surface area contributed by atoms with Gasteiger partial charge in [0.2, 0.25) is 0 Å². The number of hydrogen-bond donors (Lipinski definition) is 0. The summed E-state index contributed by atoms with van der Waals surface area (Å²) in [6, 6.07) is 15.0. The highest BCUT2D eigenvalue weighted by Gasteiger charge is 2.29. The Bertz CT molecular complexity index is 841. The quantitative estimate of drug-likeness (QED) is 0.778. The molecule has 1 aliphatic rings. The average molecular weight is 336 g/mol. The summed E-state index contributed by atoms with van der Waals surface area (Å²) in [7, 11) is 1.60. The Kier molecular flexibility index (Phi) is 4.84. The second-order valence-electron chi connectivity index (χ2n) is 5.51. The number of rotatable bonds is 5. The SMILES string of the molecule is CCOc1c(/C=C2/C(=O)N(c3ccccc3)N=C2C)cccc1OC. The number of benzene rings is 2. The first-order valence-electron chi connectivity index (χ1n) is 8.12. The van der Waals surface area contributed by atoms with Crippen LogP contribution >= 0.6 is 0 Å². The molecule has 0 aliphatic carbocycles. The second-order valence-corrected chi connectivity index (χ2v) is 5.51. The smallest absolute Gasteiger partial charge is 0.280 e. The monoisotopic (exact) mass is 336 g/mol. The third-order valence-electron chi connectivity index (χ3n) is 3.88. The van der Waals surface area contributed by atoms with E-state index in [1.807, 2.05) is 62.4 Å². The number of carbonyl (C=O) groups excluding carboxylic acids is 1. The number of methoxy groups -OCH3 is 1. The van der Waals surface area contributed by atoms with Gasteiger partial charge in [-0.25, -0.2) is 0 Å². The lowest BCUT2D eigenvalue weighted by Crippen LogP contribution is -2.21. The van der Waals surface area contributed by atoms with Gasteiger partial charge in [-0.3, -0.25) is 4.79 Å². The Morgan fingerprint density at radius 1 is 1.12 bits per heavy atom. The zero-order valence-corrected chi connectivity index (χ0v) is 14.5. The predicted octanol–water partition coefficient (Wildman–Crippen LogP) is 3.90. The maximum atomic E-state index is 12.8. The number of hydrazone groups is 1. The van der Waals surface area contributed by atoms with Gasteiger partial charge in [0.1, 0.15) is 0 Å². The lowest BCUT2D eigenvalue weighted by molar-refractivity contribution is -0.114. The molecule has 3 rings (SSSR count). The molecule has 0 atom stereocenters. The lowest BCUT2D eigenvalue weighted by Gasteiger charge is -2.13. The number of para-hydroxylation sites is 2. The highest BCUT2D eigenvalue weighted by atomic mass is 16.5. The molecule has 0 saturated heterocycles. The number of carbonyl (C=O) groups is 1. The number of ether oxygens (including phenoxy) is 2. The van der Waals surface area contributed by atoms with E-state index < -0.39 is 0 Å². The molecule has 0 N–H and O–H groups in total. The fourth-order valence-corrected chi connectivity index (χ4v) is 2.69. The first kappa shape index (κ1) is 16.8. The molecule has 0 fully saturated rings. The van der Waals surface area contributed by atoms with E-state index in [0.717, 1.165) is 11.3 Å². The van der Waals surface area contributed by atoms with Crippen molar-refractivity contribution in [3.8, 4) is 11.5 Å². The summed E-state index contributed by atoms with van der Waals surface area (Å²) in [5, 5.41) is 5.81. The molecule has 25 heavy (non-hydrogen) atoms. The van der Waals surface area contributed by atoms with Crippen molar-refractivity contribution < 1.29 is 14.3 Å². The van der Waals surface area contributed by atoms with Gasteiger partial charge in [-0.1, -0.05) is 30.3 Å². The first-order valence-corrected chi connectivity index (χ1v) is 8.12. The third-order valence-corrected chi connectivity index (χ3v) is 3.88. The van der Waals surface area contributed by atoms with Crippen LogP contribution in [0, 0.1) is 0 Å². The van der Waals surface area contributed by atoms with Crippen LogP contribution in [0.15, 0.2) is 59.2 Å². The highest BCUT2D eigenvalue weighted by molar-refractivity contribution is 6.32. The Labute approximate surface area is 147 Å². The molecule has 2 aromatic carbocycles. The minimum atomic E-state index is -0.158. The molecule has 128 valence electrons. The average Bonchev–Trinajstić information content (AvgIpc) is 2.92. The van der Waals surface area contributed by atoms with Gasteiger partial charge in [0, 0.05) is 5.56 Å². The molecule has 0 radical (unpaired) electrons. The zero-order valence-electron chi connectivity index (χ0n) is 14.5. The molecule has 0 spiro atoms. The van der Waals surface area contributed by atoms with Crippen molar-refractivity contribution in [2.45, 2.75) is 13.8 Å². The molecule has 0 saturated carbocycles. The van der Waals surface area contributed by atoms with Crippen LogP contribution in [0.4, 0.5) is 5.69 Å². The van der Waals surface area contributed by atoms with Gasteiger partial charge in [0.25, 0.3) is 5.91 Å². The number of amides is 1. The number of hydrogen-bond acceptors (Lipinski definition) is 4. The zero-order chi connectivity index (χ0) is 17.8. The van der Waals surface area contributed by atoms with Crippen LogP contribution in [0.5, 0.6) is 11.5 Å². The molecule has 1 heterocycles. The molecule has 2 aromatic rings. The standard InChI is InChI=1S/C20H20N2O3/c1-4-25-19-15(9-8-12-18(19)24-3)13-17-14(2)21-22(20(17)23)16-10-6-5-7-11-16/h5-13H,4H2,1-3H3/b17-13+. The fraction of sp³-hybridized carbons (Fsp3) is 0.200. The van der Waals surface area contributed by atoms with Crippen LogP contribution in [-0.2, 0) is 4.79 Å². The summed E-state index contributed by atoms with van der Waals surface area (Å²) in [6.07, 6.45) is 1.80. The molecule has 1 aliphatic heterocycles. The van der Waals surface area contributed by atoms with Crippen LogP contribution in [0.2, 0.25) is 0 Å². The molecule has 5 nitrogen and oxygen atoms in total. The van der Waals surface area contributed by atoms with E-state index in [9.17, 15) is 4.79 Å². The van der Waals surface area contributed by atoms with Crippen LogP contribution in [0.25, 0.3) is 6.08 Å². The minimum Gasteiger partial charge on any atom is -0.493 e. The lowest BCUT2D eigenvalue weighted by atomic mass is 10.1. The molecule has 0 aromatic heterocycles. The van der Waals surface area contributed by atoms with E-state index in [2.05, 4.69) is 5.10 Å². The predicted molar refractivity (Wildman–Crippen MR) is 99.2 cm³/mol. The van der Waals surface area contributed by atoms with Crippen molar-refractivity contribution in [3.05, 3.63) is 59.7 Å². The Morgan fingerprint density at radius 3 is 2.56 bits per heavy atom. The van der Waals surface area contributed by atoms with Gasteiger partial charge in [0.15, 0.2) is 11.5 Å². The second kappa shape index (κ2) is 7.21. The normalized spacial score (nSPS) is 15.5. The molecule has 0 unspecified atom stereocenters. The fourth-order valence-electron chi connectivity index (χ4n) is 2.69. The molecule has 1 amide bonds. The summed E-state index contributed by atoms with van der Waals surface area (Å²) in [6.45, 7) is 4.24. The van der Waals surface area contributed by atoms with Crippen molar-refractivity contribution in [2.24, 2.45) is 5.10 Å². The van der Waals surface area contributed by atoms with E-state index in [0.29, 0.717) is 29.4 Å². The largest absolute Gasteiger partial charge is 0.493 e. The highest BCUT2D eigenvalue weighted by Crippen LogP contribution is 2.34. The van der Waals surface area contributed by atoms with Crippen LogP contribution < -0.4 is 14.5 Å². The molecular formula is C20H20N2O3. The summed E-state index contributed by atoms with van der Waals surface area (Å²) in [5.74, 6) is 1.10. The maximum absolute atomic E-state index is 12.8.